The molecule has 0 aromatic heterocycles. The van der Waals surface area contributed by atoms with Crippen LogP contribution in [0.15, 0.2) is 30.3 Å². The number of carboxylic acid groups (broad SMARTS) is 1. The number of rotatable bonds is 15. The van der Waals surface area contributed by atoms with E-state index in [-0.39, 0.29) is 12.8 Å². The van der Waals surface area contributed by atoms with E-state index in [4.69, 9.17) is 11.5 Å². The van der Waals surface area contributed by atoms with Crippen molar-refractivity contribution in [3.63, 3.8) is 0 Å². The molecule has 0 saturated carbocycles. The van der Waals surface area contributed by atoms with Crippen molar-refractivity contribution >= 4 is 23.7 Å². The summed E-state index contributed by atoms with van der Waals surface area (Å²) in [6, 6.07) is 3.62. The lowest BCUT2D eigenvalue weighted by Gasteiger charge is -2.26. The second-order valence-corrected chi connectivity index (χ2v) is 8.43. The van der Waals surface area contributed by atoms with Gasteiger partial charge in [-0.05, 0) is 45.2 Å². The number of aliphatic hydroxyl groups is 2. The van der Waals surface area contributed by atoms with Gasteiger partial charge in [0.25, 0.3) is 0 Å². The second kappa shape index (κ2) is 15.0. The van der Waals surface area contributed by atoms with Gasteiger partial charge in [-0.25, -0.2) is 4.79 Å². The minimum atomic E-state index is -1.58. The number of unbranched alkanes of at least 4 members (excludes halogenated alkanes) is 1. The number of hydrogen-bond donors (Lipinski definition) is 8. The van der Waals surface area contributed by atoms with E-state index < -0.39 is 60.1 Å². The molecule has 1 rings (SSSR count). The summed E-state index contributed by atoms with van der Waals surface area (Å²) in [7, 11) is 0. The molecular formula is C23H37N5O7. The van der Waals surface area contributed by atoms with E-state index in [0.29, 0.717) is 24.9 Å². The van der Waals surface area contributed by atoms with Gasteiger partial charge < -0.3 is 42.7 Å². The molecule has 196 valence electrons. The number of aliphatic hydroxyl groups excluding tert-OH is 2. The van der Waals surface area contributed by atoms with Gasteiger partial charge >= 0.3 is 5.97 Å². The van der Waals surface area contributed by atoms with Gasteiger partial charge in [-0.3, -0.25) is 14.4 Å². The quantitative estimate of drug-likeness (QED) is 0.126. The molecule has 1 aromatic carbocycles. The van der Waals surface area contributed by atoms with Gasteiger partial charge in [-0.15, -0.1) is 0 Å². The monoisotopic (exact) mass is 495 g/mol. The number of nitrogens with one attached hydrogen (secondary N) is 3. The Hall–Kier alpha value is -3.06. The van der Waals surface area contributed by atoms with Crippen LogP contribution < -0.4 is 27.4 Å². The summed E-state index contributed by atoms with van der Waals surface area (Å²) >= 11 is 0. The molecular weight excluding hydrogens is 458 g/mol. The highest BCUT2D eigenvalue weighted by Gasteiger charge is 2.32. The first kappa shape index (κ1) is 30.0. The average molecular weight is 496 g/mol. The highest BCUT2D eigenvalue weighted by molar-refractivity contribution is 5.94. The van der Waals surface area contributed by atoms with Crippen LogP contribution in [0.1, 0.15) is 38.7 Å². The Morgan fingerprint density at radius 1 is 0.857 bits per heavy atom. The molecule has 0 aliphatic carbocycles. The number of hydrogen-bond acceptors (Lipinski definition) is 8. The Morgan fingerprint density at radius 3 is 1.94 bits per heavy atom. The third kappa shape index (κ3) is 10.4. The van der Waals surface area contributed by atoms with Crippen LogP contribution in [-0.2, 0) is 25.6 Å². The number of carboxylic acids is 1. The van der Waals surface area contributed by atoms with E-state index in [0.717, 1.165) is 0 Å². The van der Waals surface area contributed by atoms with Crippen LogP contribution in [0.5, 0.6) is 0 Å². The molecule has 0 spiro atoms. The van der Waals surface area contributed by atoms with Crippen molar-refractivity contribution in [3.05, 3.63) is 35.9 Å². The van der Waals surface area contributed by atoms with Crippen LogP contribution in [0.2, 0.25) is 0 Å². The van der Waals surface area contributed by atoms with Crippen molar-refractivity contribution in [2.45, 2.75) is 75.9 Å². The summed E-state index contributed by atoms with van der Waals surface area (Å²) < 4.78 is 0. The Labute approximate surface area is 204 Å². The molecule has 35 heavy (non-hydrogen) atoms. The molecule has 6 atom stereocenters. The van der Waals surface area contributed by atoms with Crippen molar-refractivity contribution in [3.8, 4) is 0 Å². The molecule has 12 nitrogen and oxygen atoms in total. The zero-order valence-corrected chi connectivity index (χ0v) is 20.0. The van der Waals surface area contributed by atoms with E-state index >= 15 is 0 Å². The maximum atomic E-state index is 13.1. The first-order valence-electron chi connectivity index (χ1n) is 11.5. The summed E-state index contributed by atoms with van der Waals surface area (Å²) in [4.78, 5) is 49.9. The van der Waals surface area contributed by atoms with Crippen LogP contribution in [0.25, 0.3) is 0 Å². The second-order valence-electron chi connectivity index (χ2n) is 8.43. The van der Waals surface area contributed by atoms with Crippen LogP contribution in [-0.4, -0.2) is 81.9 Å². The van der Waals surface area contributed by atoms with Crippen molar-refractivity contribution < 1.29 is 34.5 Å². The molecule has 1 aromatic rings. The predicted molar refractivity (Wildman–Crippen MR) is 128 cm³/mol. The van der Waals surface area contributed by atoms with Crippen molar-refractivity contribution in [2.24, 2.45) is 11.5 Å². The maximum Gasteiger partial charge on any atom is 0.328 e. The summed E-state index contributed by atoms with van der Waals surface area (Å²) in [5, 5.41) is 35.9. The molecule has 0 saturated heterocycles. The zero-order valence-electron chi connectivity index (χ0n) is 20.0. The van der Waals surface area contributed by atoms with E-state index in [1.54, 1.807) is 30.3 Å². The molecule has 0 aliphatic heterocycles. The van der Waals surface area contributed by atoms with E-state index in [1.807, 2.05) is 0 Å². The molecule has 6 unspecified atom stereocenters. The number of aliphatic carboxylic acids is 1. The molecule has 12 heteroatoms. The van der Waals surface area contributed by atoms with Gasteiger partial charge in [-0.2, -0.15) is 0 Å². The highest BCUT2D eigenvalue weighted by atomic mass is 16.4. The normalized spacial score (nSPS) is 16.2. The fourth-order valence-corrected chi connectivity index (χ4v) is 3.22. The van der Waals surface area contributed by atoms with E-state index in [1.165, 1.54) is 13.8 Å². The van der Waals surface area contributed by atoms with Crippen molar-refractivity contribution in [1.29, 1.82) is 0 Å². The SMILES string of the molecule is CC(O)C(N)C(=O)NC(CCCCN)C(=O)NC(Cc1ccccc1)C(=O)NC(C(=O)O)C(C)O. The average Bonchev–Trinajstić information content (AvgIpc) is 2.80. The molecule has 10 N–H and O–H groups in total. The van der Waals surface area contributed by atoms with Crippen LogP contribution in [0.3, 0.4) is 0 Å². The standard InChI is InChI=1S/C23H37N5O7/c1-13(29)18(25)22(33)26-16(10-6-7-11-24)20(31)27-17(12-15-8-4-3-5-9-15)21(32)28-19(14(2)30)23(34)35/h3-5,8-9,13-14,16-19,29-30H,6-7,10-12,24-25H2,1-2H3,(H,26,33)(H,27,31)(H,28,32)(H,34,35). The van der Waals surface area contributed by atoms with E-state index in [9.17, 15) is 34.5 Å². The largest absolute Gasteiger partial charge is 0.480 e. The van der Waals surface area contributed by atoms with Crippen molar-refractivity contribution in [1.82, 2.24) is 16.0 Å². The van der Waals surface area contributed by atoms with Gasteiger partial charge in [0, 0.05) is 6.42 Å². The summed E-state index contributed by atoms with van der Waals surface area (Å²) in [5.41, 5.74) is 11.9. The van der Waals surface area contributed by atoms with Gasteiger partial charge in [-0.1, -0.05) is 30.3 Å². The zero-order chi connectivity index (χ0) is 26.5. The minimum absolute atomic E-state index is 0.0290. The van der Waals surface area contributed by atoms with Gasteiger partial charge in [0.1, 0.15) is 18.1 Å². The summed E-state index contributed by atoms with van der Waals surface area (Å²) in [5.74, 6) is -3.68. The molecule has 0 radical (unpaired) electrons. The van der Waals surface area contributed by atoms with E-state index in [2.05, 4.69) is 16.0 Å². The van der Waals surface area contributed by atoms with Crippen LogP contribution in [0.4, 0.5) is 0 Å². The Morgan fingerprint density at radius 2 is 1.43 bits per heavy atom. The Balaban J connectivity index is 3.11. The number of nitrogens with two attached hydrogens (primary N) is 2. The number of benzene rings is 1. The lowest BCUT2D eigenvalue weighted by Crippen LogP contribution is -2.59. The third-order valence-corrected chi connectivity index (χ3v) is 5.36. The first-order chi connectivity index (χ1) is 16.5. The number of amides is 3. The van der Waals surface area contributed by atoms with Gasteiger partial charge in [0.15, 0.2) is 6.04 Å². The smallest absolute Gasteiger partial charge is 0.328 e. The number of carbonyl (C=O) groups is 4. The lowest BCUT2D eigenvalue weighted by molar-refractivity contribution is -0.145. The first-order valence-corrected chi connectivity index (χ1v) is 11.5. The summed E-state index contributed by atoms with van der Waals surface area (Å²) in [6.07, 6.45) is -1.21. The summed E-state index contributed by atoms with van der Waals surface area (Å²) in [6.45, 7) is 2.94. The van der Waals surface area contributed by atoms with Gasteiger partial charge in [0.2, 0.25) is 17.7 Å². The predicted octanol–water partition coefficient (Wildman–Crippen LogP) is -2.01. The molecule has 0 bridgehead atoms. The Bertz CT molecular complexity index is 835. The lowest BCUT2D eigenvalue weighted by atomic mass is 10.0. The third-order valence-electron chi connectivity index (χ3n) is 5.36. The maximum absolute atomic E-state index is 13.1. The minimum Gasteiger partial charge on any atom is -0.480 e. The molecule has 0 fully saturated rings. The molecule has 0 aliphatic rings. The molecule has 0 heterocycles. The fraction of sp³-hybridized carbons (Fsp3) is 0.565. The number of carbonyl (C=O) groups excluding carboxylic acids is 3. The van der Waals surface area contributed by atoms with Crippen molar-refractivity contribution in [2.75, 3.05) is 6.54 Å². The van der Waals surface area contributed by atoms with Crippen LogP contribution in [0, 0.1) is 0 Å². The van der Waals surface area contributed by atoms with Gasteiger partial charge in [0.05, 0.1) is 12.2 Å². The van der Waals surface area contributed by atoms with Crippen LogP contribution >= 0.6 is 0 Å². The fourth-order valence-electron chi connectivity index (χ4n) is 3.22. The Kier molecular flexibility index (Phi) is 12.9. The molecule has 3 amide bonds. The highest BCUT2D eigenvalue weighted by Crippen LogP contribution is 2.08. The topological polar surface area (TPSA) is 217 Å².